The second kappa shape index (κ2) is 3.55. The highest BCUT2D eigenvalue weighted by Gasteiger charge is 2.38. The maximum absolute atomic E-state index is 10.9. The number of fused-ring (bicyclic) bond motifs is 1. The monoisotopic (exact) mass is 237 g/mol. The average molecular weight is 237 g/mol. The summed E-state index contributed by atoms with van der Waals surface area (Å²) in [5.41, 5.74) is 1.55. The highest BCUT2D eigenvalue weighted by molar-refractivity contribution is 7.13. The van der Waals surface area contributed by atoms with Gasteiger partial charge in [0.15, 0.2) is 0 Å². The van der Waals surface area contributed by atoms with E-state index in [4.69, 9.17) is 5.11 Å². The van der Waals surface area contributed by atoms with Gasteiger partial charge in [0.05, 0.1) is 5.69 Å². The van der Waals surface area contributed by atoms with Crippen molar-refractivity contribution in [2.45, 2.75) is 44.9 Å². The molecule has 3 nitrogen and oxygen atoms in total. The lowest BCUT2D eigenvalue weighted by molar-refractivity contribution is 0.0696. The molecule has 4 heteroatoms. The Morgan fingerprint density at radius 2 is 2.06 bits per heavy atom. The van der Waals surface area contributed by atoms with Crippen LogP contribution in [0.15, 0.2) is 0 Å². The maximum atomic E-state index is 10.9. The molecular weight excluding hydrogens is 222 g/mol. The third-order valence-corrected chi connectivity index (χ3v) is 5.14. The van der Waals surface area contributed by atoms with Gasteiger partial charge in [0.1, 0.15) is 0 Å². The normalized spacial score (nSPS) is 22.2. The number of aromatic nitrogens is 1. The molecule has 0 radical (unpaired) electrons. The van der Waals surface area contributed by atoms with Crippen molar-refractivity contribution in [2.75, 3.05) is 0 Å². The molecule has 3 rings (SSSR count). The fraction of sp³-hybridized carbons (Fsp3) is 0.667. The van der Waals surface area contributed by atoms with Gasteiger partial charge in [0.2, 0.25) is 5.01 Å². The molecule has 0 aromatic carbocycles. The Hall–Kier alpha value is -0.900. The predicted octanol–water partition coefficient (Wildman–Crippen LogP) is 2.89. The van der Waals surface area contributed by atoms with Crippen LogP contribution in [0.2, 0.25) is 0 Å². The molecule has 16 heavy (non-hydrogen) atoms. The largest absolute Gasteiger partial charge is 0.476 e. The fourth-order valence-electron chi connectivity index (χ4n) is 3.17. The molecule has 86 valence electrons. The maximum Gasteiger partial charge on any atom is 0.365 e. The van der Waals surface area contributed by atoms with Crippen LogP contribution >= 0.6 is 11.3 Å². The van der Waals surface area contributed by atoms with Crippen molar-refractivity contribution in [1.29, 1.82) is 0 Å². The number of hydrogen-bond donors (Lipinski definition) is 1. The second-order valence-electron chi connectivity index (χ2n) is 5.08. The third kappa shape index (κ3) is 1.56. The van der Waals surface area contributed by atoms with Crippen LogP contribution in [0.5, 0.6) is 0 Å². The van der Waals surface area contributed by atoms with Crippen LogP contribution in [0.1, 0.15) is 52.5 Å². The smallest absolute Gasteiger partial charge is 0.365 e. The first-order valence-corrected chi connectivity index (χ1v) is 6.72. The average Bonchev–Trinajstić information content (AvgIpc) is 2.85. The van der Waals surface area contributed by atoms with E-state index in [0.717, 1.165) is 18.5 Å². The van der Waals surface area contributed by atoms with E-state index in [0.29, 0.717) is 5.41 Å². The van der Waals surface area contributed by atoms with Crippen LogP contribution in [0, 0.1) is 5.41 Å². The Kier molecular flexibility index (Phi) is 2.28. The first-order valence-electron chi connectivity index (χ1n) is 5.90. The standard InChI is InChI=1S/C12H15NO2S/c14-11(15)10-13-8-3-6-12(4-1-2-5-12)7-9(8)16-10/h1-7H2,(H,14,15). The van der Waals surface area contributed by atoms with Crippen molar-refractivity contribution in [2.24, 2.45) is 5.41 Å². The van der Waals surface area contributed by atoms with Gasteiger partial charge in [-0.05, 0) is 37.5 Å². The van der Waals surface area contributed by atoms with Gasteiger partial charge in [-0.15, -0.1) is 11.3 Å². The SMILES string of the molecule is O=C(O)c1nc2c(s1)CC1(CCCC1)CC2. The van der Waals surface area contributed by atoms with E-state index in [1.807, 2.05) is 0 Å². The summed E-state index contributed by atoms with van der Waals surface area (Å²) in [5, 5.41) is 9.22. The second-order valence-corrected chi connectivity index (χ2v) is 6.16. The van der Waals surface area contributed by atoms with Gasteiger partial charge in [0.25, 0.3) is 0 Å². The first-order chi connectivity index (χ1) is 7.69. The van der Waals surface area contributed by atoms with Crippen molar-refractivity contribution in [1.82, 2.24) is 4.98 Å². The molecule has 0 aliphatic heterocycles. The van der Waals surface area contributed by atoms with Crippen molar-refractivity contribution in [3.63, 3.8) is 0 Å². The number of nitrogens with zero attached hydrogens (tertiary/aromatic N) is 1. The first kappa shape index (κ1) is 10.3. The molecule has 1 N–H and O–H groups in total. The number of carbonyl (C=O) groups is 1. The summed E-state index contributed by atoms with van der Waals surface area (Å²) in [5.74, 6) is -0.875. The van der Waals surface area contributed by atoms with Crippen LogP contribution < -0.4 is 0 Å². The van der Waals surface area contributed by atoms with Crippen molar-refractivity contribution < 1.29 is 9.90 Å². The van der Waals surface area contributed by atoms with Gasteiger partial charge in [-0.3, -0.25) is 0 Å². The van der Waals surface area contributed by atoms with Gasteiger partial charge in [-0.25, -0.2) is 9.78 Å². The van der Waals surface area contributed by atoms with Gasteiger partial charge in [-0.2, -0.15) is 0 Å². The van der Waals surface area contributed by atoms with Crippen molar-refractivity contribution in [3.05, 3.63) is 15.6 Å². The van der Waals surface area contributed by atoms with Crippen LogP contribution in [-0.2, 0) is 12.8 Å². The molecule has 2 aliphatic carbocycles. The van der Waals surface area contributed by atoms with E-state index in [1.165, 1.54) is 48.3 Å². The molecule has 0 unspecified atom stereocenters. The van der Waals surface area contributed by atoms with Crippen molar-refractivity contribution in [3.8, 4) is 0 Å². The van der Waals surface area contributed by atoms with Crippen LogP contribution in [0.3, 0.4) is 0 Å². The molecule has 1 fully saturated rings. The summed E-state index contributed by atoms with van der Waals surface area (Å²) in [6.45, 7) is 0. The minimum absolute atomic E-state index is 0.278. The number of rotatable bonds is 1. The van der Waals surface area contributed by atoms with E-state index in [1.54, 1.807) is 0 Å². The lowest BCUT2D eigenvalue weighted by Gasteiger charge is -2.32. The zero-order valence-electron chi connectivity index (χ0n) is 9.16. The van der Waals surface area contributed by atoms with E-state index in [-0.39, 0.29) is 5.01 Å². The molecule has 0 amide bonds. The summed E-state index contributed by atoms with van der Waals surface area (Å²) in [7, 11) is 0. The number of aromatic carboxylic acids is 1. The third-order valence-electron chi connectivity index (χ3n) is 4.05. The molecule has 1 saturated carbocycles. The van der Waals surface area contributed by atoms with Crippen LogP contribution in [0.25, 0.3) is 0 Å². The molecule has 2 aliphatic rings. The van der Waals surface area contributed by atoms with Gasteiger partial charge in [-0.1, -0.05) is 12.8 Å². The summed E-state index contributed by atoms with van der Waals surface area (Å²) < 4.78 is 0. The molecule has 0 saturated heterocycles. The predicted molar refractivity (Wildman–Crippen MR) is 62.0 cm³/mol. The Bertz CT molecular complexity index is 432. The van der Waals surface area contributed by atoms with E-state index >= 15 is 0 Å². The van der Waals surface area contributed by atoms with E-state index < -0.39 is 5.97 Å². The van der Waals surface area contributed by atoms with Gasteiger partial charge >= 0.3 is 5.97 Å². The van der Waals surface area contributed by atoms with Crippen LogP contribution in [-0.4, -0.2) is 16.1 Å². The van der Waals surface area contributed by atoms with Crippen LogP contribution in [0.4, 0.5) is 0 Å². The molecule has 1 aromatic rings. The molecular formula is C12H15NO2S. The minimum Gasteiger partial charge on any atom is -0.476 e. The number of carboxylic acids is 1. The van der Waals surface area contributed by atoms with E-state index in [2.05, 4.69) is 4.98 Å². The highest BCUT2D eigenvalue weighted by atomic mass is 32.1. The summed E-state index contributed by atoms with van der Waals surface area (Å²) in [4.78, 5) is 16.3. The number of carboxylic acid groups (broad SMARTS) is 1. The lowest BCUT2D eigenvalue weighted by atomic mass is 9.74. The Balaban J connectivity index is 1.91. The number of hydrogen-bond acceptors (Lipinski definition) is 3. The molecule has 0 atom stereocenters. The molecule has 1 heterocycles. The van der Waals surface area contributed by atoms with Gasteiger partial charge < -0.3 is 5.11 Å². The lowest BCUT2D eigenvalue weighted by Crippen LogP contribution is -2.24. The van der Waals surface area contributed by atoms with Gasteiger partial charge in [0, 0.05) is 4.88 Å². The minimum atomic E-state index is -0.875. The number of thiazole rings is 1. The highest BCUT2D eigenvalue weighted by Crippen LogP contribution is 2.48. The quantitative estimate of drug-likeness (QED) is 0.817. The Morgan fingerprint density at radius 1 is 1.31 bits per heavy atom. The summed E-state index contributed by atoms with van der Waals surface area (Å²) in [6, 6.07) is 0. The molecule has 1 spiro atoms. The zero-order chi connectivity index (χ0) is 11.2. The summed E-state index contributed by atoms with van der Waals surface area (Å²) >= 11 is 1.39. The van der Waals surface area contributed by atoms with E-state index in [9.17, 15) is 4.79 Å². The van der Waals surface area contributed by atoms with Crippen molar-refractivity contribution >= 4 is 17.3 Å². The Labute approximate surface area is 98.5 Å². The zero-order valence-corrected chi connectivity index (χ0v) is 9.98. The topological polar surface area (TPSA) is 50.2 Å². The number of aryl methyl sites for hydroxylation is 1. The molecule has 1 aromatic heterocycles. The fourth-order valence-corrected chi connectivity index (χ4v) is 4.29. The molecule has 0 bridgehead atoms. The Morgan fingerprint density at radius 3 is 2.75 bits per heavy atom. The summed E-state index contributed by atoms with van der Waals surface area (Å²) in [6.07, 6.45) is 8.62.